The Morgan fingerprint density at radius 3 is 2.79 bits per heavy atom. The Morgan fingerprint density at radius 1 is 1.32 bits per heavy atom. The first-order valence-electron chi connectivity index (χ1n) is 11.9. The number of hydrogen-bond acceptors (Lipinski definition) is 6. The largest absolute Gasteiger partial charge is 0.452 e. The van der Waals surface area contributed by atoms with E-state index in [1.807, 2.05) is 43.9 Å². The maximum absolute atomic E-state index is 12.5. The SMILES string of the molecule is COC(=O)N1c2ccc3c(nc(CCn4cccn4)n3CCN(C)CC(C)(C)O)c2CC[C@@H]1C. The quantitative estimate of drug-likeness (QED) is 0.547. The van der Waals surface area contributed by atoms with Crippen molar-refractivity contribution in [2.75, 3.05) is 32.1 Å². The molecule has 0 spiro atoms. The van der Waals surface area contributed by atoms with Gasteiger partial charge in [0, 0.05) is 56.6 Å². The molecule has 4 rings (SSSR count). The van der Waals surface area contributed by atoms with Gasteiger partial charge >= 0.3 is 6.09 Å². The number of aliphatic hydroxyl groups is 1. The molecular formula is C25H36N6O3. The summed E-state index contributed by atoms with van der Waals surface area (Å²) in [6.45, 7) is 8.57. The van der Waals surface area contributed by atoms with Crippen LogP contribution in [0.15, 0.2) is 30.6 Å². The molecule has 3 heterocycles. The van der Waals surface area contributed by atoms with Crippen LogP contribution < -0.4 is 4.90 Å². The average molecular weight is 469 g/mol. The van der Waals surface area contributed by atoms with Crippen molar-refractivity contribution in [1.82, 2.24) is 24.2 Å². The van der Waals surface area contributed by atoms with Crippen LogP contribution in [0.5, 0.6) is 0 Å². The molecule has 34 heavy (non-hydrogen) atoms. The first-order chi connectivity index (χ1) is 16.2. The lowest BCUT2D eigenvalue weighted by Crippen LogP contribution is -2.42. The summed E-state index contributed by atoms with van der Waals surface area (Å²) in [5.41, 5.74) is 3.27. The van der Waals surface area contributed by atoms with Gasteiger partial charge in [0.15, 0.2) is 0 Å². The topological polar surface area (TPSA) is 88.7 Å². The van der Waals surface area contributed by atoms with E-state index < -0.39 is 5.60 Å². The third-order valence-corrected chi connectivity index (χ3v) is 6.45. The Morgan fingerprint density at radius 2 is 2.12 bits per heavy atom. The zero-order valence-corrected chi connectivity index (χ0v) is 20.9. The van der Waals surface area contributed by atoms with Gasteiger partial charge in [0.1, 0.15) is 5.82 Å². The van der Waals surface area contributed by atoms with E-state index in [9.17, 15) is 9.90 Å². The van der Waals surface area contributed by atoms with Gasteiger partial charge in [0.2, 0.25) is 0 Å². The van der Waals surface area contributed by atoms with Crippen LogP contribution in [0.3, 0.4) is 0 Å². The number of benzene rings is 1. The normalized spacial score (nSPS) is 16.3. The lowest BCUT2D eigenvalue weighted by atomic mass is 9.96. The van der Waals surface area contributed by atoms with Crippen LogP contribution in [0.25, 0.3) is 11.0 Å². The second-order valence-electron chi connectivity index (χ2n) is 9.91. The van der Waals surface area contributed by atoms with Gasteiger partial charge in [-0.2, -0.15) is 5.10 Å². The number of hydrogen-bond donors (Lipinski definition) is 1. The first-order valence-corrected chi connectivity index (χ1v) is 11.9. The summed E-state index contributed by atoms with van der Waals surface area (Å²) in [7, 11) is 3.45. The number of nitrogens with zero attached hydrogens (tertiary/aromatic N) is 6. The summed E-state index contributed by atoms with van der Waals surface area (Å²) in [4.78, 5) is 21.5. The molecule has 1 N–H and O–H groups in total. The zero-order chi connectivity index (χ0) is 24.5. The van der Waals surface area contributed by atoms with Gasteiger partial charge in [-0.15, -0.1) is 0 Å². The summed E-state index contributed by atoms with van der Waals surface area (Å²) in [6.07, 6.45) is 5.90. The van der Waals surface area contributed by atoms with Crippen molar-refractivity contribution in [2.45, 2.75) is 64.8 Å². The van der Waals surface area contributed by atoms with Crippen LogP contribution >= 0.6 is 0 Å². The second-order valence-corrected chi connectivity index (χ2v) is 9.91. The molecule has 1 atom stereocenters. The Hall–Kier alpha value is -2.91. The predicted molar refractivity (Wildman–Crippen MR) is 132 cm³/mol. The number of carbonyl (C=O) groups is 1. The molecule has 0 saturated heterocycles. The van der Waals surface area contributed by atoms with Crippen molar-refractivity contribution < 1.29 is 14.6 Å². The molecule has 0 aliphatic carbocycles. The minimum Gasteiger partial charge on any atom is -0.452 e. The minimum absolute atomic E-state index is 0.0780. The summed E-state index contributed by atoms with van der Waals surface area (Å²) >= 11 is 0. The average Bonchev–Trinajstić information content (AvgIpc) is 3.41. The highest BCUT2D eigenvalue weighted by molar-refractivity contribution is 5.95. The second kappa shape index (κ2) is 9.76. The number of anilines is 1. The Labute approximate surface area is 200 Å². The van der Waals surface area contributed by atoms with Crippen LogP contribution in [-0.4, -0.2) is 74.3 Å². The number of likely N-dealkylation sites (N-methyl/N-ethyl adjacent to an activating group) is 1. The summed E-state index contributed by atoms with van der Waals surface area (Å²) in [5, 5.41) is 14.5. The van der Waals surface area contributed by atoms with Crippen molar-refractivity contribution in [1.29, 1.82) is 0 Å². The molecule has 3 aromatic rings. The molecule has 1 aromatic carbocycles. The van der Waals surface area contributed by atoms with E-state index in [4.69, 9.17) is 9.72 Å². The van der Waals surface area contributed by atoms with Crippen molar-refractivity contribution in [3.05, 3.63) is 42.0 Å². The highest BCUT2D eigenvalue weighted by Gasteiger charge is 2.31. The predicted octanol–water partition coefficient (Wildman–Crippen LogP) is 3.09. The first kappa shape index (κ1) is 24.2. The molecule has 0 bridgehead atoms. The number of imidazole rings is 1. The molecule has 1 aliphatic heterocycles. The molecule has 9 heteroatoms. The maximum atomic E-state index is 12.5. The number of rotatable bonds is 8. The van der Waals surface area contributed by atoms with E-state index in [2.05, 4.69) is 27.6 Å². The van der Waals surface area contributed by atoms with Gasteiger partial charge < -0.3 is 19.3 Å². The molecule has 0 saturated carbocycles. The van der Waals surface area contributed by atoms with E-state index in [-0.39, 0.29) is 12.1 Å². The van der Waals surface area contributed by atoms with Gasteiger partial charge in [-0.3, -0.25) is 9.58 Å². The Balaban J connectivity index is 1.70. The van der Waals surface area contributed by atoms with Gasteiger partial charge in [-0.25, -0.2) is 9.78 Å². The third-order valence-electron chi connectivity index (χ3n) is 6.45. The van der Waals surface area contributed by atoms with Crippen LogP contribution in [0.1, 0.15) is 38.6 Å². The maximum Gasteiger partial charge on any atom is 0.414 e. The van der Waals surface area contributed by atoms with E-state index in [1.54, 1.807) is 11.1 Å². The van der Waals surface area contributed by atoms with Gasteiger partial charge in [0.25, 0.3) is 0 Å². The van der Waals surface area contributed by atoms with Crippen LogP contribution in [-0.2, 0) is 30.7 Å². The molecule has 0 fully saturated rings. The standard InChI is InChI=1S/C25H36N6O3/c1-18-7-8-19-20(31(18)24(32)34-5)9-10-21-23(19)27-22(11-14-29-13-6-12-26-29)30(21)16-15-28(4)17-25(2,3)33/h6,9-10,12-13,18,33H,7-8,11,14-17H2,1-5H3/t18-/m0/s1. The van der Waals surface area contributed by atoms with Crippen LogP contribution in [0.2, 0.25) is 0 Å². The number of ether oxygens (including phenoxy) is 1. The number of aromatic nitrogens is 4. The highest BCUT2D eigenvalue weighted by Crippen LogP contribution is 2.36. The van der Waals surface area contributed by atoms with Gasteiger partial charge in [-0.1, -0.05) is 0 Å². The molecule has 1 aliphatic rings. The molecule has 1 amide bonds. The Bertz CT molecular complexity index is 1130. The number of fused-ring (bicyclic) bond motifs is 3. The van der Waals surface area contributed by atoms with E-state index >= 15 is 0 Å². The highest BCUT2D eigenvalue weighted by atomic mass is 16.5. The van der Waals surface area contributed by atoms with Crippen LogP contribution in [0.4, 0.5) is 10.5 Å². The van der Waals surface area contributed by atoms with E-state index in [0.717, 1.165) is 67.0 Å². The molecule has 2 aromatic heterocycles. The zero-order valence-electron chi connectivity index (χ0n) is 20.9. The third kappa shape index (κ3) is 5.10. The molecule has 0 radical (unpaired) electrons. The van der Waals surface area contributed by atoms with E-state index in [1.165, 1.54) is 7.11 Å². The van der Waals surface area contributed by atoms with Crippen molar-refractivity contribution in [3.8, 4) is 0 Å². The fourth-order valence-electron chi connectivity index (χ4n) is 4.95. The van der Waals surface area contributed by atoms with Crippen molar-refractivity contribution in [2.24, 2.45) is 0 Å². The number of carbonyl (C=O) groups excluding carboxylic acids is 1. The molecular weight excluding hydrogens is 432 g/mol. The van der Waals surface area contributed by atoms with Crippen molar-refractivity contribution >= 4 is 22.8 Å². The number of methoxy groups -OCH3 is 1. The smallest absolute Gasteiger partial charge is 0.414 e. The summed E-state index contributed by atoms with van der Waals surface area (Å²) < 4.78 is 9.26. The van der Waals surface area contributed by atoms with E-state index in [0.29, 0.717) is 6.54 Å². The molecule has 9 nitrogen and oxygen atoms in total. The number of amides is 1. The van der Waals surface area contributed by atoms with Crippen LogP contribution in [0, 0.1) is 0 Å². The van der Waals surface area contributed by atoms with Crippen molar-refractivity contribution in [3.63, 3.8) is 0 Å². The van der Waals surface area contributed by atoms with Gasteiger partial charge in [0.05, 0.1) is 29.4 Å². The summed E-state index contributed by atoms with van der Waals surface area (Å²) in [6, 6.07) is 6.10. The lowest BCUT2D eigenvalue weighted by molar-refractivity contribution is 0.0437. The number of aryl methyl sites for hydroxylation is 3. The lowest BCUT2D eigenvalue weighted by Gasteiger charge is -2.34. The fourth-order valence-corrected chi connectivity index (χ4v) is 4.95. The Kier molecular flexibility index (Phi) is 6.95. The molecule has 0 unspecified atom stereocenters. The minimum atomic E-state index is -0.748. The van der Waals surface area contributed by atoms with Gasteiger partial charge in [-0.05, 0) is 58.9 Å². The fraction of sp³-hybridized carbons (Fsp3) is 0.560. The molecule has 184 valence electrons. The monoisotopic (exact) mass is 468 g/mol. The summed E-state index contributed by atoms with van der Waals surface area (Å²) in [5.74, 6) is 0.999.